The molecule has 0 aromatic heterocycles. The van der Waals surface area contributed by atoms with E-state index in [-0.39, 0.29) is 6.61 Å². The molecule has 0 rings (SSSR count). The van der Waals surface area contributed by atoms with Crippen molar-refractivity contribution in [1.29, 1.82) is 0 Å². The van der Waals surface area contributed by atoms with Crippen LogP contribution in [0.4, 0.5) is 0 Å². The largest absolute Gasteiger partial charge is 0.396 e. The van der Waals surface area contributed by atoms with Crippen molar-refractivity contribution in [3.05, 3.63) is 0 Å². The summed E-state index contributed by atoms with van der Waals surface area (Å²) in [4.78, 5) is 0. The molecule has 0 radical (unpaired) electrons. The molecule has 0 fully saturated rings. The second kappa shape index (κ2) is 13.6. The Kier molecular flexibility index (Phi) is 12.5. The zero-order valence-corrected chi connectivity index (χ0v) is 10.1. The third-order valence-electron chi connectivity index (χ3n) is 1.98. The molecule has 0 bridgehead atoms. The Morgan fingerprint density at radius 1 is 0.750 bits per heavy atom. The van der Waals surface area contributed by atoms with Crippen molar-refractivity contribution in [2.45, 2.75) is 51.9 Å². The number of aliphatic hydroxyl groups excluding tert-OH is 1. The SMILES string of the molecule is CCCCCCC#CC#CC#CCCCO. The van der Waals surface area contributed by atoms with Crippen LogP contribution in [-0.4, -0.2) is 11.7 Å². The van der Waals surface area contributed by atoms with E-state index in [1.165, 1.54) is 25.7 Å². The average Bonchev–Trinajstić information content (AvgIpc) is 2.31. The van der Waals surface area contributed by atoms with Gasteiger partial charge in [-0.1, -0.05) is 38.0 Å². The Bertz CT molecular complexity index is 322. The molecule has 0 saturated carbocycles. The zero-order valence-electron chi connectivity index (χ0n) is 10.1. The van der Waals surface area contributed by atoms with Gasteiger partial charge in [0.2, 0.25) is 0 Å². The molecule has 1 nitrogen and oxygen atoms in total. The molecule has 0 heterocycles. The lowest BCUT2D eigenvalue weighted by molar-refractivity contribution is 0.290. The topological polar surface area (TPSA) is 20.2 Å². The maximum absolute atomic E-state index is 8.50. The first-order chi connectivity index (χ1) is 7.91. The summed E-state index contributed by atoms with van der Waals surface area (Å²) in [6.07, 6.45) is 7.35. The highest BCUT2D eigenvalue weighted by Crippen LogP contribution is 2.00. The maximum atomic E-state index is 8.50. The van der Waals surface area contributed by atoms with Gasteiger partial charge in [0.25, 0.3) is 0 Å². The fourth-order valence-electron chi connectivity index (χ4n) is 1.08. The molecule has 16 heavy (non-hydrogen) atoms. The first kappa shape index (κ1) is 14.6. The van der Waals surface area contributed by atoms with E-state index in [1.54, 1.807) is 0 Å². The molecule has 86 valence electrons. The van der Waals surface area contributed by atoms with E-state index in [2.05, 4.69) is 42.4 Å². The number of hydrogen-bond donors (Lipinski definition) is 1. The van der Waals surface area contributed by atoms with Crippen molar-refractivity contribution >= 4 is 0 Å². The van der Waals surface area contributed by atoms with Crippen molar-refractivity contribution in [3.8, 4) is 35.5 Å². The van der Waals surface area contributed by atoms with Gasteiger partial charge < -0.3 is 5.11 Å². The smallest absolute Gasteiger partial charge is 0.0440 e. The molecular weight excluding hydrogens is 196 g/mol. The highest BCUT2D eigenvalue weighted by molar-refractivity contribution is 5.35. The molecule has 1 N–H and O–H groups in total. The summed E-state index contributed by atoms with van der Waals surface area (Å²) >= 11 is 0. The molecule has 1 heteroatoms. The normalized spacial score (nSPS) is 7.88. The van der Waals surface area contributed by atoms with Gasteiger partial charge >= 0.3 is 0 Å². The van der Waals surface area contributed by atoms with Gasteiger partial charge in [-0.2, -0.15) is 0 Å². The van der Waals surface area contributed by atoms with Gasteiger partial charge in [0.15, 0.2) is 0 Å². The van der Waals surface area contributed by atoms with Crippen LogP contribution in [0.1, 0.15) is 51.9 Å². The van der Waals surface area contributed by atoms with Gasteiger partial charge in [-0.15, -0.1) is 0 Å². The van der Waals surface area contributed by atoms with E-state index < -0.39 is 0 Å². The average molecular weight is 216 g/mol. The minimum absolute atomic E-state index is 0.194. The summed E-state index contributed by atoms with van der Waals surface area (Å²) in [7, 11) is 0. The van der Waals surface area contributed by atoms with Crippen LogP contribution in [0, 0.1) is 35.5 Å². The van der Waals surface area contributed by atoms with E-state index in [1.807, 2.05) is 0 Å². The highest BCUT2D eigenvalue weighted by atomic mass is 16.2. The Morgan fingerprint density at radius 2 is 1.38 bits per heavy atom. The van der Waals surface area contributed by atoms with Crippen LogP contribution in [0.3, 0.4) is 0 Å². The fraction of sp³-hybridized carbons (Fsp3) is 0.600. The van der Waals surface area contributed by atoms with Gasteiger partial charge in [0.05, 0.1) is 0 Å². The van der Waals surface area contributed by atoms with Crippen molar-refractivity contribution in [2.75, 3.05) is 6.61 Å². The van der Waals surface area contributed by atoms with Gasteiger partial charge in [-0.25, -0.2) is 0 Å². The minimum Gasteiger partial charge on any atom is -0.396 e. The van der Waals surface area contributed by atoms with Gasteiger partial charge in [0, 0.05) is 19.4 Å². The lowest BCUT2D eigenvalue weighted by Crippen LogP contribution is -1.77. The van der Waals surface area contributed by atoms with Gasteiger partial charge in [-0.3, -0.25) is 0 Å². The summed E-state index contributed by atoms with van der Waals surface area (Å²) in [5.41, 5.74) is 0. The predicted molar refractivity (Wildman–Crippen MR) is 68.4 cm³/mol. The summed E-state index contributed by atoms with van der Waals surface area (Å²) in [5.74, 6) is 16.8. The molecule has 0 aromatic carbocycles. The molecule has 0 spiro atoms. The standard InChI is InChI=1S/C15H20O/c1-2-3-4-5-6-7-8-9-10-11-12-13-14-15-16/h16H,2-6,13-15H2,1H3. The number of rotatable bonds is 6. The van der Waals surface area contributed by atoms with Crippen LogP contribution >= 0.6 is 0 Å². The molecule has 0 aliphatic carbocycles. The van der Waals surface area contributed by atoms with Crippen LogP contribution in [0.5, 0.6) is 0 Å². The van der Waals surface area contributed by atoms with E-state index >= 15 is 0 Å². The number of unbranched alkanes of at least 4 members (excludes halogenated alkanes) is 5. The summed E-state index contributed by atoms with van der Waals surface area (Å²) < 4.78 is 0. The van der Waals surface area contributed by atoms with Crippen molar-refractivity contribution in [2.24, 2.45) is 0 Å². The maximum Gasteiger partial charge on any atom is 0.0440 e. The Hall–Kier alpha value is -1.36. The van der Waals surface area contributed by atoms with Gasteiger partial charge in [0.1, 0.15) is 0 Å². The molecular formula is C15H20O. The monoisotopic (exact) mass is 216 g/mol. The van der Waals surface area contributed by atoms with Crippen LogP contribution < -0.4 is 0 Å². The van der Waals surface area contributed by atoms with Crippen LogP contribution in [0.15, 0.2) is 0 Å². The molecule has 0 amide bonds. The third kappa shape index (κ3) is 12.6. The second-order valence-electron chi connectivity index (χ2n) is 3.49. The van der Waals surface area contributed by atoms with Crippen molar-refractivity contribution < 1.29 is 5.11 Å². The minimum atomic E-state index is 0.194. The predicted octanol–water partition coefficient (Wildman–Crippen LogP) is 2.74. The van der Waals surface area contributed by atoms with Gasteiger partial charge in [-0.05, 0) is 36.5 Å². The van der Waals surface area contributed by atoms with Crippen LogP contribution in [0.25, 0.3) is 0 Å². The lowest BCUT2D eigenvalue weighted by atomic mass is 10.2. The first-order valence-electron chi connectivity index (χ1n) is 5.98. The molecule has 0 aliphatic rings. The lowest BCUT2D eigenvalue weighted by Gasteiger charge is -1.90. The molecule has 0 aliphatic heterocycles. The second-order valence-corrected chi connectivity index (χ2v) is 3.49. The van der Waals surface area contributed by atoms with Crippen molar-refractivity contribution in [3.63, 3.8) is 0 Å². The van der Waals surface area contributed by atoms with E-state index in [9.17, 15) is 0 Å². The first-order valence-corrected chi connectivity index (χ1v) is 5.98. The van der Waals surface area contributed by atoms with E-state index in [4.69, 9.17) is 5.11 Å². The summed E-state index contributed by atoms with van der Waals surface area (Å²) in [6, 6.07) is 0. The third-order valence-corrected chi connectivity index (χ3v) is 1.98. The number of aliphatic hydroxyl groups is 1. The number of hydrogen-bond acceptors (Lipinski definition) is 1. The molecule has 0 atom stereocenters. The van der Waals surface area contributed by atoms with E-state index in [0.29, 0.717) is 6.42 Å². The Labute approximate surface area is 99.6 Å². The molecule has 0 unspecified atom stereocenters. The Balaban J connectivity index is 3.50. The summed E-state index contributed by atoms with van der Waals surface area (Å²) in [6.45, 7) is 2.40. The fourth-order valence-corrected chi connectivity index (χ4v) is 1.08. The highest BCUT2D eigenvalue weighted by Gasteiger charge is 1.82. The Morgan fingerprint density at radius 3 is 1.94 bits per heavy atom. The van der Waals surface area contributed by atoms with Crippen molar-refractivity contribution in [1.82, 2.24) is 0 Å². The quantitative estimate of drug-likeness (QED) is 0.534. The molecule has 0 aromatic rings. The molecule has 0 saturated heterocycles. The zero-order chi connectivity index (χ0) is 11.9. The van der Waals surface area contributed by atoms with Crippen LogP contribution in [-0.2, 0) is 0 Å². The van der Waals surface area contributed by atoms with E-state index in [0.717, 1.165) is 12.8 Å². The van der Waals surface area contributed by atoms with Crippen LogP contribution in [0.2, 0.25) is 0 Å². The summed E-state index contributed by atoms with van der Waals surface area (Å²) in [5, 5.41) is 8.50.